The number of halogens is 3. The van der Waals surface area contributed by atoms with Crippen LogP contribution >= 0.6 is 11.3 Å². The van der Waals surface area contributed by atoms with Crippen molar-refractivity contribution >= 4 is 27.3 Å². The summed E-state index contributed by atoms with van der Waals surface area (Å²) in [4.78, 5) is 15.7. The molecule has 12 heteroatoms. The molecule has 2 rings (SSSR count). The monoisotopic (exact) mass is 423 g/mol. The first-order valence-corrected chi connectivity index (χ1v) is 9.95. The van der Waals surface area contributed by atoms with E-state index in [1.807, 2.05) is 12.3 Å². The van der Waals surface area contributed by atoms with Crippen LogP contribution in [0.1, 0.15) is 17.1 Å². The number of thiazole rings is 1. The zero-order chi connectivity index (χ0) is 20.1. The molecule has 0 fully saturated rings. The number of nitrogens with one attached hydrogen (secondary N) is 2. The van der Waals surface area contributed by atoms with Crippen LogP contribution in [0.4, 0.5) is 13.2 Å². The number of benzene rings is 1. The van der Waals surface area contributed by atoms with E-state index in [-0.39, 0.29) is 30.3 Å². The molecule has 7 nitrogen and oxygen atoms in total. The van der Waals surface area contributed by atoms with Gasteiger partial charge >= 0.3 is 6.36 Å². The standard InChI is InChI=1S/C15H16F3N3O4S2/c1-10-9-26-14(21-10)8-19-13(22)6-7-20-27(23,24)12-4-2-11(3-5-12)25-15(16,17)18/h2-5,9,20H,6-8H2,1H3,(H,19,22). The summed E-state index contributed by atoms with van der Waals surface area (Å²) < 4.78 is 66.3. The van der Waals surface area contributed by atoms with Crippen LogP contribution in [-0.4, -0.2) is 32.2 Å². The molecular weight excluding hydrogens is 407 g/mol. The molecule has 0 atom stereocenters. The number of hydrogen-bond acceptors (Lipinski definition) is 6. The predicted octanol–water partition coefficient (Wildman–Crippen LogP) is 2.33. The summed E-state index contributed by atoms with van der Waals surface area (Å²) in [6, 6.07) is 3.75. The van der Waals surface area contributed by atoms with Gasteiger partial charge in [-0.25, -0.2) is 18.1 Å². The fourth-order valence-electron chi connectivity index (χ4n) is 1.95. The van der Waals surface area contributed by atoms with Crippen LogP contribution in [0.15, 0.2) is 34.5 Å². The second-order valence-corrected chi connectivity index (χ2v) is 8.04. The van der Waals surface area contributed by atoms with Crippen LogP contribution in [-0.2, 0) is 21.4 Å². The van der Waals surface area contributed by atoms with Crippen molar-refractivity contribution in [2.75, 3.05) is 6.54 Å². The molecule has 148 valence electrons. The van der Waals surface area contributed by atoms with E-state index in [0.717, 1.165) is 35.0 Å². The minimum Gasteiger partial charge on any atom is -0.406 e. The summed E-state index contributed by atoms with van der Waals surface area (Å²) >= 11 is 1.40. The summed E-state index contributed by atoms with van der Waals surface area (Å²) in [6.07, 6.45) is -4.96. The molecule has 0 radical (unpaired) electrons. The number of hydrogen-bond donors (Lipinski definition) is 2. The normalized spacial score (nSPS) is 12.0. The molecule has 0 bridgehead atoms. The Morgan fingerprint density at radius 2 is 1.93 bits per heavy atom. The van der Waals surface area contributed by atoms with Gasteiger partial charge in [-0.3, -0.25) is 4.79 Å². The molecule has 0 saturated heterocycles. The lowest BCUT2D eigenvalue weighted by Crippen LogP contribution is -2.30. The zero-order valence-electron chi connectivity index (χ0n) is 14.0. The number of rotatable bonds is 8. The van der Waals surface area contributed by atoms with E-state index in [9.17, 15) is 26.4 Å². The Morgan fingerprint density at radius 1 is 1.26 bits per heavy atom. The zero-order valence-corrected chi connectivity index (χ0v) is 15.7. The van der Waals surface area contributed by atoms with Crippen LogP contribution < -0.4 is 14.8 Å². The summed E-state index contributed by atoms with van der Waals surface area (Å²) in [5.41, 5.74) is 0.851. The minimum absolute atomic E-state index is 0.0984. The molecule has 0 aliphatic carbocycles. The maximum Gasteiger partial charge on any atom is 0.573 e. The highest BCUT2D eigenvalue weighted by Gasteiger charge is 2.31. The predicted molar refractivity (Wildman–Crippen MR) is 91.6 cm³/mol. The minimum atomic E-state index is -4.86. The Balaban J connectivity index is 1.81. The average molecular weight is 423 g/mol. The highest BCUT2D eigenvalue weighted by Crippen LogP contribution is 2.23. The summed E-state index contributed by atoms with van der Waals surface area (Å²) in [5.74, 6) is -0.891. The van der Waals surface area contributed by atoms with E-state index in [1.54, 1.807) is 0 Å². The van der Waals surface area contributed by atoms with Crippen molar-refractivity contribution in [1.82, 2.24) is 15.0 Å². The van der Waals surface area contributed by atoms with Crippen molar-refractivity contribution in [3.63, 3.8) is 0 Å². The van der Waals surface area contributed by atoms with Gasteiger partial charge in [0.25, 0.3) is 0 Å². The van der Waals surface area contributed by atoms with E-state index in [2.05, 4.69) is 19.8 Å². The Morgan fingerprint density at radius 3 is 2.48 bits per heavy atom. The van der Waals surface area contributed by atoms with Crippen LogP contribution in [0.5, 0.6) is 5.75 Å². The van der Waals surface area contributed by atoms with Crippen molar-refractivity contribution in [2.24, 2.45) is 0 Å². The Hall–Kier alpha value is -2.18. The lowest BCUT2D eigenvalue weighted by atomic mass is 10.3. The Bertz CT molecular complexity index is 880. The van der Waals surface area contributed by atoms with Gasteiger partial charge in [-0.2, -0.15) is 0 Å². The number of nitrogens with zero attached hydrogens (tertiary/aromatic N) is 1. The molecule has 2 aromatic rings. The molecule has 1 aromatic carbocycles. The number of ether oxygens (including phenoxy) is 1. The van der Waals surface area contributed by atoms with Gasteiger partial charge in [-0.1, -0.05) is 0 Å². The molecule has 0 saturated carbocycles. The van der Waals surface area contributed by atoms with Crippen molar-refractivity contribution in [3.05, 3.63) is 40.3 Å². The Kier molecular flexibility index (Phi) is 6.78. The second kappa shape index (κ2) is 8.67. The fourth-order valence-corrected chi connectivity index (χ4v) is 3.69. The summed E-state index contributed by atoms with van der Waals surface area (Å²) in [5, 5.41) is 5.20. The maximum absolute atomic E-state index is 12.1. The average Bonchev–Trinajstić information content (AvgIpc) is 2.97. The second-order valence-electron chi connectivity index (χ2n) is 5.33. The Labute approximate surface area is 157 Å². The molecule has 0 aliphatic heterocycles. The van der Waals surface area contributed by atoms with E-state index in [0.29, 0.717) is 0 Å². The largest absolute Gasteiger partial charge is 0.573 e. The number of aryl methyl sites for hydroxylation is 1. The lowest BCUT2D eigenvalue weighted by Gasteiger charge is -2.10. The third-order valence-electron chi connectivity index (χ3n) is 3.12. The molecule has 0 spiro atoms. The number of alkyl halides is 3. The van der Waals surface area contributed by atoms with Crippen LogP contribution in [0.3, 0.4) is 0 Å². The highest BCUT2D eigenvalue weighted by molar-refractivity contribution is 7.89. The summed E-state index contributed by atoms with van der Waals surface area (Å²) in [7, 11) is -3.96. The first kappa shape index (κ1) is 21.1. The van der Waals surface area contributed by atoms with Gasteiger partial charge < -0.3 is 10.1 Å². The topological polar surface area (TPSA) is 97.4 Å². The van der Waals surface area contributed by atoms with E-state index >= 15 is 0 Å². The molecule has 1 aromatic heterocycles. The summed E-state index contributed by atoms with van der Waals surface area (Å²) in [6.45, 7) is 1.93. The van der Waals surface area contributed by atoms with Gasteiger partial charge in [0, 0.05) is 24.0 Å². The number of sulfonamides is 1. The van der Waals surface area contributed by atoms with Crippen LogP contribution in [0.25, 0.3) is 0 Å². The van der Waals surface area contributed by atoms with Crippen LogP contribution in [0.2, 0.25) is 0 Å². The van der Waals surface area contributed by atoms with E-state index in [4.69, 9.17) is 0 Å². The number of carbonyl (C=O) groups excluding carboxylic acids is 1. The number of amides is 1. The molecule has 2 N–H and O–H groups in total. The van der Waals surface area contributed by atoms with Gasteiger partial charge in [0.1, 0.15) is 10.8 Å². The van der Waals surface area contributed by atoms with Gasteiger partial charge in [0.15, 0.2) is 0 Å². The number of aromatic nitrogens is 1. The first-order chi connectivity index (χ1) is 12.5. The third-order valence-corrected chi connectivity index (χ3v) is 5.56. The van der Waals surface area contributed by atoms with Gasteiger partial charge in [-0.05, 0) is 31.2 Å². The van der Waals surface area contributed by atoms with E-state index < -0.39 is 22.1 Å². The van der Waals surface area contributed by atoms with Crippen molar-refractivity contribution < 1.29 is 31.1 Å². The molecular formula is C15H16F3N3O4S2. The first-order valence-electron chi connectivity index (χ1n) is 7.58. The smallest absolute Gasteiger partial charge is 0.406 e. The molecule has 0 unspecified atom stereocenters. The SMILES string of the molecule is Cc1csc(CNC(=O)CCNS(=O)(=O)c2ccc(OC(F)(F)F)cc2)n1. The quantitative estimate of drug-likeness (QED) is 0.679. The van der Waals surface area contributed by atoms with Gasteiger partial charge in [0.2, 0.25) is 15.9 Å². The van der Waals surface area contributed by atoms with Gasteiger partial charge in [-0.15, -0.1) is 24.5 Å². The van der Waals surface area contributed by atoms with Crippen molar-refractivity contribution in [2.45, 2.75) is 31.1 Å². The highest BCUT2D eigenvalue weighted by atomic mass is 32.2. The fraction of sp³-hybridized carbons (Fsp3) is 0.333. The van der Waals surface area contributed by atoms with Crippen molar-refractivity contribution in [3.8, 4) is 5.75 Å². The molecule has 1 heterocycles. The number of carbonyl (C=O) groups is 1. The molecule has 27 heavy (non-hydrogen) atoms. The molecule has 0 aliphatic rings. The molecule has 1 amide bonds. The van der Waals surface area contributed by atoms with Crippen LogP contribution in [0, 0.1) is 6.92 Å². The van der Waals surface area contributed by atoms with E-state index in [1.165, 1.54) is 11.3 Å². The maximum atomic E-state index is 12.1. The van der Waals surface area contributed by atoms with Crippen molar-refractivity contribution in [1.29, 1.82) is 0 Å². The van der Waals surface area contributed by atoms with Gasteiger partial charge in [0.05, 0.1) is 11.4 Å². The third kappa shape index (κ3) is 7.15. The lowest BCUT2D eigenvalue weighted by molar-refractivity contribution is -0.274.